The van der Waals surface area contributed by atoms with Gasteiger partial charge < -0.3 is 14.6 Å². The van der Waals surface area contributed by atoms with Gasteiger partial charge in [0.2, 0.25) is 0 Å². The molecule has 156 valence electrons. The molecule has 29 heavy (non-hydrogen) atoms. The highest BCUT2D eigenvalue weighted by Crippen LogP contribution is 2.29. The first-order valence-corrected chi connectivity index (χ1v) is 10.9. The SMILES string of the molecule is CC1(C)OC[C@@H]([C@H](C/C=C\C(O)c2ccccc2)OS(=O)(=O)c2ccccc2)O1. The fraction of sp³-hybridized carbons (Fsp3) is 0.364. The molecule has 1 fully saturated rings. The van der Waals surface area contributed by atoms with Crippen LogP contribution in [0.3, 0.4) is 0 Å². The summed E-state index contributed by atoms with van der Waals surface area (Å²) in [6.45, 7) is 3.76. The first-order valence-electron chi connectivity index (χ1n) is 9.47. The highest BCUT2D eigenvalue weighted by molar-refractivity contribution is 7.86. The second kappa shape index (κ2) is 9.19. The molecule has 1 saturated heterocycles. The summed E-state index contributed by atoms with van der Waals surface area (Å²) < 4.78 is 42.3. The number of ether oxygens (including phenoxy) is 2. The second-order valence-electron chi connectivity index (χ2n) is 7.29. The Morgan fingerprint density at radius 2 is 1.76 bits per heavy atom. The van der Waals surface area contributed by atoms with Crippen molar-refractivity contribution in [1.82, 2.24) is 0 Å². The van der Waals surface area contributed by atoms with Gasteiger partial charge in [0.05, 0.1) is 17.6 Å². The molecule has 2 aromatic carbocycles. The maximum atomic E-state index is 12.7. The molecule has 0 bridgehead atoms. The molecule has 3 rings (SSSR count). The summed E-state index contributed by atoms with van der Waals surface area (Å²) >= 11 is 0. The average Bonchev–Trinajstić information content (AvgIpc) is 3.08. The number of hydrogen-bond acceptors (Lipinski definition) is 6. The minimum absolute atomic E-state index is 0.0801. The van der Waals surface area contributed by atoms with Crippen molar-refractivity contribution in [2.45, 2.75) is 49.3 Å². The molecule has 7 heteroatoms. The fourth-order valence-corrected chi connectivity index (χ4v) is 4.19. The lowest BCUT2D eigenvalue weighted by Crippen LogP contribution is -2.34. The van der Waals surface area contributed by atoms with Crippen LogP contribution >= 0.6 is 0 Å². The van der Waals surface area contributed by atoms with Crippen LogP contribution in [0.5, 0.6) is 0 Å². The van der Waals surface area contributed by atoms with Gasteiger partial charge in [0.15, 0.2) is 5.79 Å². The van der Waals surface area contributed by atoms with Gasteiger partial charge >= 0.3 is 0 Å². The third-order valence-electron chi connectivity index (χ3n) is 4.56. The first-order chi connectivity index (χ1) is 13.8. The van der Waals surface area contributed by atoms with Crippen molar-refractivity contribution in [3.63, 3.8) is 0 Å². The standard InChI is InChI=1S/C22H26O6S/c1-22(2)26-16-21(27-22)20(28-29(24,25)18-12-7-4-8-13-18)15-9-14-19(23)17-10-5-3-6-11-17/h3-14,19-21,23H,15-16H2,1-2H3/b14-9-/t19?,20-,21-/m0/s1. The van der Waals surface area contributed by atoms with Crippen LogP contribution in [-0.2, 0) is 23.8 Å². The molecule has 1 aliphatic rings. The van der Waals surface area contributed by atoms with E-state index in [1.54, 1.807) is 44.2 Å². The maximum Gasteiger partial charge on any atom is 0.297 e. The van der Waals surface area contributed by atoms with E-state index < -0.39 is 34.2 Å². The predicted octanol–water partition coefficient (Wildman–Crippen LogP) is 3.59. The van der Waals surface area contributed by atoms with E-state index in [2.05, 4.69) is 0 Å². The average molecular weight is 419 g/mol. The molecule has 1 unspecified atom stereocenters. The molecule has 0 spiro atoms. The van der Waals surface area contributed by atoms with Crippen molar-refractivity contribution in [1.29, 1.82) is 0 Å². The Balaban J connectivity index is 1.74. The summed E-state index contributed by atoms with van der Waals surface area (Å²) in [5.74, 6) is -0.809. The molecular formula is C22H26O6S. The molecule has 1 N–H and O–H groups in total. The van der Waals surface area contributed by atoms with Gasteiger partial charge in [-0.05, 0) is 38.0 Å². The van der Waals surface area contributed by atoms with Gasteiger partial charge in [-0.1, -0.05) is 60.7 Å². The molecule has 0 aromatic heterocycles. The molecular weight excluding hydrogens is 392 g/mol. The van der Waals surface area contributed by atoms with Gasteiger partial charge in [-0.15, -0.1) is 0 Å². The quantitative estimate of drug-likeness (QED) is 0.521. The molecule has 0 aliphatic carbocycles. The Bertz CT molecular complexity index is 909. The van der Waals surface area contributed by atoms with Crippen LogP contribution in [0, 0.1) is 0 Å². The number of rotatable bonds is 8. The summed E-state index contributed by atoms with van der Waals surface area (Å²) in [5, 5.41) is 10.3. The van der Waals surface area contributed by atoms with E-state index in [0.29, 0.717) is 0 Å². The van der Waals surface area contributed by atoms with Crippen LogP contribution in [-0.4, -0.2) is 38.1 Å². The van der Waals surface area contributed by atoms with Crippen molar-refractivity contribution < 1.29 is 27.2 Å². The summed E-state index contributed by atoms with van der Waals surface area (Å²) in [7, 11) is -3.97. The molecule has 3 atom stereocenters. The molecule has 0 amide bonds. The van der Waals surface area contributed by atoms with Crippen LogP contribution < -0.4 is 0 Å². The third kappa shape index (κ3) is 5.98. The molecule has 2 aromatic rings. The lowest BCUT2D eigenvalue weighted by Gasteiger charge is -2.23. The fourth-order valence-electron chi connectivity index (χ4n) is 3.06. The monoisotopic (exact) mass is 418 g/mol. The van der Waals surface area contributed by atoms with Crippen LogP contribution in [0.15, 0.2) is 77.7 Å². The van der Waals surface area contributed by atoms with Gasteiger partial charge in [0.25, 0.3) is 10.1 Å². The van der Waals surface area contributed by atoms with Crippen LogP contribution in [0.2, 0.25) is 0 Å². The van der Waals surface area contributed by atoms with Gasteiger partial charge in [0.1, 0.15) is 12.2 Å². The van der Waals surface area contributed by atoms with E-state index in [4.69, 9.17) is 13.7 Å². The van der Waals surface area contributed by atoms with Crippen LogP contribution in [0.25, 0.3) is 0 Å². The minimum Gasteiger partial charge on any atom is -0.384 e. The maximum absolute atomic E-state index is 12.7. The van der Waals surface area contributed by atoms with E-state index in [1.165, 1.54) is 12.1 Å². The van der Waals surface area contributed by atoms with Gasteiger partial charge in [-0.25, -0.2) is 0 Å². The summed E-state index contributed by atoms with van der Waals surface area (Å²) in [4.78, 5) is 0.0801. The molecule has 0 saturated carbocycles. The normalized spacial score (nSPS) is 21.3. The van der Waals surface area contributed by atoms with Gasteiger partial charge in [-0.3, -0.25) is 4.18 Å². The van der Waals surface area contributed by atoms with Crippen molar-refractivity contribution in [3.8, 4) is 0 Å². The largest absolute Gasteiger partial charge is 0.384 e. The van der Waals surface area contributed by atoms with E-state index in [-0.39, 0.29) is 17.9 Å². The lowest BCUT2D eigenvalue weighted by molar-refractivity contribution is -0.148. The zero-order chi connectivity index (χ0) is 20.9. The number of aliphatic hydroxyl groups excluding tert-OH is 1. The van der Waals surface area contributed by atoms with Crippen LogP contribution in [0.4, 0.5) is 0 Å². The Labute approximate surface area is 171 Å². The smallest absolute Gasteiger partial charge is 0.297 e. The van der Waals surface area contributed by atoms with E-state index in [0.717, 1.165) is 5.56 Å². The third-order valence-corrected chi connectivity index (χ3v) is 5.91. The zero-order valence-corrected chi connectivity index (χ0v) is 17.3. The van der Waals surface area contributed by atoms with Crippen molar-refractivity contribution >= 4 is 10.1 Å². The summed E-state index contributed by atoms with van der Waals surface area (Å²) in [6.07, 6.45) is 1.42. The number of aliphatic hydroxyl groups is 1. The van der Waals surface area contributed by atoms with Crippen molar-refractivity contribution in [3.05, 3.63) is 78.4 Å². The minimum atomic E-state index is -3.97. The molecule has 6 nitrogen and oxygen atoms in total. The topological polar surface area (TPSA) is 82.1 Å². The van der Waals surface area contributed by atoms with E-state index >= 15 is 0 Å². The Hall–Kier alpha value is -2.03. The Kier molecular flexibility index (Phi) is 6.87. The molecule has 1 heterocycles. The van der Waals surface area contributed by atoms with Gasteiger partial charge in [0, 0.05) is 0 Å². The second-order valence-corrected chi connectivity index (χ2v) is 8.86. The molecule has 0 radical (unpaired) electrons. The van der Waals surface area contributed by atoms with Crippen LogP contribution in [0.1, 0.15) is 31.9 Å². The summed E-state index contributed by atoms with van der Waals surface area (Å²) in [5.41, 5.74) is 0.750. The Morgan fingerprint density at radius 1 is 1.14 bits per heavy atom. The summed E-state index contributed by atoms with van der Waals surface area (Å²) in [6, 6.07) is 17.2. The van der Waals surface area contributed by atoms with E-state index in [9.17, 15) is 13.5 Å². The van der Waals surface area contributed by atoms with Crippen molar-refractivity contribution in [2.75, 3.05) is 6.61 Å². The number of benzene rings is 2. The van der Waals surface area contributed by atoms with E-state index in [1.807, 2.05) is 30.3 Å². The lowest BCUT2D eigenvalue weighted by atomic mass is 10.1. The Morgan fingerprint density at radius 3 is 2.34 bits per heavy atom. The molecule has 1 aliphatic heterocycles. The zero-order valence-electron chi connectivity index (χ0n) is 16.5. The number of hydrogen-bond donors (Lipinski definition) is 1. The van der Waals surface area contributed by atoms with Gasteiger partial charge in [-0.2, -0.15) is 8.42 Å². The highest BCUT2D eigenvalue weighted by atomic mass is 32.2. The highest BCUT2D eigenvalue weighted by Gasteiger charge is 2.39. The predicted molar refractivity (Wildman–Crippen MR) is 109 cm³/mol. The van der Waals surface area contributed by atoms with Crippen molar-refractivity contribution in [2.24, 2.45) is 0 Å². The first kappa shape index (κ1) is 21.7.